The predicted octanol–water partition coefficient (Wildman–Crippen LogP) is 0.422. The lowest BCUT2D eigenvalue weighted by Gasteiger charge is -2.52. The second kappa shape index (κ2) is 8.79. The summed E-state index contributed by atoms with van der Waals surface area (Å²) < 4.78 is 15.4. The summed E-state index contributed by atoms with van der Waals surface area (Å²) in [5.74, 6) is -6.19. The van der Waals surface area contributed by atoms with Crippen LogP contribution in [-0.4, -0.2) is 60.8 Å². The van der Waals surface area contributed by atoms with Crippen molar-refractivity contribution in [3.05, 3.63) is 0 Å². The second-order valence-corrected chi connectivity index (χ2v) is 7.11. The number of hydrogen-bond acceptors (Lipinski definition) is 8. The van der Waals surface area contributed by atoms with Crippen molar-refractivity contribution in [2.45, 2.75) is 52.5 Å². The van der Waals surface area contributed by atoms with Crippen molar-refractivity contribution in [1.29, 1.82) is 0 Å². The number of carbonyl (C=O) groups excluding carboxylic acids is 4. The summed E-state index contributed by atoms with van der Waals surface area (Å²) in [5.41, 5.74) is -3.85. The molecule has 10 heteroatoms. The molecule has 0 spiro atoms. The molecule has 162 valence electrons. The third-order valence-electron chi connectivity index (χ3n) is 5.73. The van der Waals surface area contributed by atoms with Crippen molar-refractivity contribution in [1.82, 2.24) is 5.32 Å². The van der Waals surface area contributed by atoms with Crippen LogP contribution in [0.25, 0.3) is 0 Å². The molecule has 29 heavy (non-hydrogen) atoms. The topological polar surface area (TPSA) is 145 Å². The van der Waals surface area contributed by atoms with Gasteiger partial charge in [0.2, 0.25) is 5.91 Å². The Balaban J connectivity index is 2.71. The summed E-state index contributed by atoms with van der Waals surface area (Å²) in [6.07, 6.45) is -0.124. The summed E-state index contributed by atoms with van der Waals surface area (Å²) >= 11 is 0. The van der Waals surface area contributed by atoms with Gasteiger partial charge in [0.15, 0.2) is 10.8 Å². The largest absolute Gasteiger partial charge is 0.480 e. The highest BCUT2D eigenvalue weighted by atomic mass is 16.6. The molecule has 0 aromatic heterocycles. The molecule has 0 radical (unpaired) electrons. The van der Waals surface area contributed by atoms with Gasteiger partial charge in [0.1, 0.15) is 6.04 Å². The van der Waals surface area contributed by atoms with E-state index in [4.69, 9.17) is 14.2 Å². The van der Waals surface area contributed by atoms with E-state index in [1.54, 1.807) is 20.8 Å². The molecule has 0 unspecified atom stereocenters. The number of carboxylic acids is 1. The van der Waals surface area contributed by atoms with Gasteiger partial charge < -0.3 is 24.6 Å². The fourth-order valence-corrected chi connectivity index (χ4v) is 4.52. The highest BCUT2D eigenvalue weighted by Gasteiger charge is 2.71. The van der Waals surface area contributed by atoms with Crippen molar-refractivity contribution in [3.8, 4) is 0 Å². The summed E-state index contributed by atoms with van der Waals surface area (Å²) in [6, 6.07) is -1.36. The normalized spacial score (nSPS) is 27.8. The highest BCUT2D eigenvalue weighted by molar-refractivity contribution is 6.09. The molecule has 3 atom stereocenters. The van der Waals surface area contributed by atoms with Crippen LogP contribution in [0.5, 0.6) is 0 Å². The van der Waals surface area contributed by atoms with Crippen LogP contribution < -0.4 is 5.32 Å². The predicted molar refractivity (Wildman–Crippen MR) is 96.3 cm³/mol. The third-order valence-corrected chi connectivity index (χ3v) is 5.73. The van der Waals surface area contributed by atoms with E-state index in [0.29, 0.717) is 0 Å². The third kappa shape index (κ3) is 3.56. The minimum absolute atomic E-state index is 0.0178. The number of rotatable bonds is 7. The average Bonchev–Trinajstić information content (AvgIpc) is 2.67. The molecule has 2 rings (SSSR count). The molecule has 0 aromatic rings. The number of carboxylic acid groups (broad SMARTS) is 1. The second-order valence-electron chi connectivity index (χ2n) is 7.11. The van der Waals surface area contributed by atoms with E-state index in [0.717, 1.165) is 0 Å². The molecule has 2 N–H and O–H groups in total. The van der Waals surface area contributed by atoms with Crippen LogP contribution in [0.3, 0.4) is 0 Å². The Kier molecular flexibility index (Phi) is 6.86. The molecule has 1 aliphatic heterocycles. The monoisotopic (exact) mass is 413 g/mol. The molecule has 1 aliphatic carbocycles. The summed E-state index contributed by atoms with van der Waals surface area (Å²) in [4.78, 5) is 63.7. The van der Waals surface area contributed by atoms with Gasteiger partial charge in [-0.1, -0.05) is 6.42 Å². The number of esters is 3. The quantitative estimate of drug-likeness (QED) is 0.344. The number of amides is 1. The van der Waals surface area contributed by atoms with Gasteiger partial charge in [-0.3, -0.25) is 19.2 Å². The van der Waals surface area contributed by atoms with Crippen LogP contribution in [0.4, 0.5) is 0 Å². The van der Waals surface area contributed by atoms with Crippen molar-refractivity contribution < 1.29 is 43.3 Å². The Hall–Kier alpha value is -2.65. The molecule has 2 aliphatic rings. The average molecular weight is 413 g/mol. The first-order valence-corrected chi connectivity index (χ1v) is 9.77. The maximum atomic E-state index is 13.1. The SMILES string of the molecule is CCOC(=O)C1(C(=O)OCC)CCC[C@@]2(C(=O)OCC)C(=O)N[C@H](C(=O)O)C[C@@H]12. The number of carbonyl (C=O) groups is 5. The van der Waals surface area contributed by atoms with Crippen LogP contribution in [0.15, 0.2) is 0 Å². The molecule has 10 nitrogen and oxygen atoms in total. The smallest absolute Gasteiger partial charge is 0.326 e. The number of hydrogen-bond donors (Lipinski definition) is 2. The number of piperidine rings is 1. The van der Waals surface area contributed by atoms with Gasteiger partial charge in [-0.05, 0) is 40.0 Å². The summed E-state index contributed by atoms with van der Waals surface area (Å²) in [6.45, 7) is 4.60. The van der Waals surface area contributed by atoms with E-state index in [9.17, 15) is 29.1 Å². The van der Waals surface area contributed by atoms with E-state index >= 15 is 0 Å². The molecular weight excluding hydrogens is 386 g/mol. The van der Waals surface area contributed by atoms with Gasteiger partial charge >= 0.3 is 23.9 Å². The van der Waals surface area contributed by atoms with Gasteiger partial charge in [-0.25, -0.2) is 4.79 Å². The number of ether oxygens (including phenoxy) is 3. The minimum Gasteiger partial charge on any atom is -0.480 e. The van der Waals surface area contributed by atoms with Crippen LogP contribution in [0, 0.1) is 16.7 Å². The lowest BCUT2D eigenvalue weighted by Crippen LogP contribution is -2.69. The van der Waals surface area contributed by atoms with Crippen LogP contribution >= 0.6 is 0 Å². The van der Waals surface area contributed by atoms with Gasteiger partial charge in [0.25, 0.3) is 0 Å². The summed E-state index contributed by atoms with van der Waals surface area (Å²) in [7, 11) is 0. The fourth-order valence-electron chi connectivity index (χ4n) is 4.52. The minimum atomic E-state index is -1.97. The first-order chi connectivity index (χ1) is 13.7. The standard InChI is InChI=1S/C19H27NO9/c1-4-27-15(24)18-8-7-9-19(16(25)28-5-2,17(26)29-6-3)12(18)10-11(13(21)22)20-14(18)23/h11-12H,4-10H2,1-3H3,(H,20,23)(H,21,22)/t11-,12+,18-/m0/s1. The van der Waals surface area contributed by atoms with E-state index < -0.39 is 52.6 Å². The molecule has 1 saturated heterocycles. The van der Waals surface area contributed by atoms with Crippen LogP contribution in [-0.2, 0) is 38.2 Å². The van der Waals surface area contributed by atoms with Crippen LogP contribution in [0.2, 0.25) is 0 Å². The molecule has 0 bridgehead atoms. The van der Waals surface area contributed by atoms with E-state index in [2.05, 4.69) is 5.32 Å². The first kappa shape index (κ1) is 22.6. The van der Waals surface area contributed by atoms with Gasteiger partial charge in [0.05, 0.1) is 19.8 Å². The zero-order valence-corrected chi connectivity index (χ0v) is 16.8. The Morgan fingerprint density at radius 2 is 1.48 bits per heavy atom. The molecule has 1 amide bonds. The van der Waals surface area contributed by atoms with Crippen molar-refractivity contribution in [2.24, 2.45) is 16.7 Å². The van der Waals surface area contributed by atoms with Crippen molar-refractivity contribution in [3.63, 3.8) is 0 Å². The van der Waals surface area contributed by atoms with E-state index in [1.165, 1.54) is 0 Å². The fraction of sp³-hybridized carbons (Fsp3) is 0.737. The van der Waals surface area contributed by atoms with E-state index in [1.807, 2.05) is 0 Å². The van der Waals surface area contributed by atoms with Crippen LogP contribution in [0.1, 0.15) is 46.5 Å². The first-order valence-electron chi connectivity index (χ1n) is 9.77. The number of fused-ring (bicyclic) bond motifs is 1. The number of nitrogens with one attached hydrogen (secondary N) is 1. The zero-order valence-electron chi connectivity index (χ0n) is 16.8. The zero-order chi connectivity index (χ0) is 21.8. The maximum absolute atomic E-state index is 13.1. The highest BCUT2D eigenvalue weighted by Crippen LogP contribution is 2.57. The number of aliphatic carboxylic acids is 1. The Morgan fingerprint density at radius 3 is 1.97 bits per heavy atom. The Labute approximate surface area is 168 Å². The lowest BCUT2D eigenvalue weighted by molar-refractivity contribution is -0.199. The Bertz CT molecular complexity index is 686. The lowest BCUT2D eigenvalue weighted by atomic mass is 9.51. The molecular formula is C19H27NO9. The van der Waals surface area contributed by atoms with Crippen molar-refractivity contribution in [2.75, 3.05) is 19.8 Å². The van der Waals surface area contributed by atoms with Gasteiger partial charge in [0, 0.05) is 5.92 Å². The molecule has 2 fully saturated rings. The van der Waals surface area contributed by atoms with Crippen molar-refractivity contribution >= 4 is 29.8 Å². The summed E-state index contributed by atoms with van der Waals surface area (Å²) in [5, 5.41) is 11.8. The van der Waals surface area contributed by atoms with Gasteiger partial charge in [-0.2, -0.15) is 0 Å². The molecule has 1 heterocycles. The van der Waals surface area contributed by atoms with Gasteiger partial charge in [-0.15, -0.1) is 0 Å². The molecule has 1 saturated carbocycles. The van der Waals surface area contributed by atoms with E-state index in [-0.39, 0.29) is 45.5 Å². The molecule has 0 aromatic carbocycles. The Morgan fingerprint density at radius 1 is 0.966 bits per heavy atom. The maximum Gasteiger partial charge on any atom is 0.326 e.